The second-order valence-electron chi connectivity index (χ2n) is 4.24. The van der Waals surface area contributed by atoms with Crippen LogP contribution in [0.15, 0.2) is 22.7 Å². The summed E-state index contributed by atoms with van der Waals surface area (Å²) >= 11 is 3.48. The van der Waals surface area contributed by atoms with Gasteiger partial charge in [0, 0.05) is 10.2 Å². The molecule has 1 aromatic heterocycles. The normalized spacial score (nSPS) is 10.3. The van der Waals surface area contributed by atoms with Crippen LogP contribution in [0.25, 0.3) is 0 Å². The van der Waals surface area contributed by atoms with Gasteiger partial charge in [0.05, 0.1) is 6.61 Å². The van der Waals surface area contributed by atoms with Crippen LogP contribution in [-0.2, 0) is 0 Å². The van der Waals surface area contributed by atoms with Gasteiger partial charge in [-0.25, -0.2) is 0 Å². The van der Waals surface area contributed by atoms with Crippen molar-refractivity contribution in [3.05, 3.63) is 28.2 Å². The fourth-order valence-corrected chi connectivity index (χ4v) is 1.86. The molecule has 0 amide bonds. The molecule has 1 aromatic carbocycles. The molecular formula is C13H16BrN5O. The average molecular weight is 338 g/mol. The summed E-state index contributed by atoms with van der Waals surface area (Å²) in [5, 5.41) is 3.08. The molecule has 0 radical (unpaired) electrons. The maximum atomic E-state index is 5.65. The van der Waals surface area contributed by atoms with E-state index < -0.39 is 0 Å². The van der Waals surface area contributed by atoms with E-state index >= 15 is 0 Å². The van der Waals surface area contributed by atoms with Crippen LogP contribution in [0.5, 0.6) is 6.01 Å². The molecule has 0 aliphatic carbocycles. The summed E-state index contributed by atoms with van der Waals surface area (Å²) < 4.78 is 6.37. The van der Waals surface area contributed by atoms with Gasteiger partial charge in [-0.15, -0.1) is 0 Å². The van der Waals surface area contributed by atoms with Crippen molar-refractivity contribution in [3.8, 4) is 6.01 Å². The lowest BCUT2D eigenvalue weighted by molar-refractivity contribution is 0.292. The number of rotatable bonds is 5. The summed E-state index contributed by atoms with van der Waals surface area (Å²) in [7, 11) is 0. The van der Waals surface area contributed by atoms with Gasteiger partial charge >= 0.3 is 6.01 Å². The first-order valence-corrected chi connectivity index (χ1v) is 7.05. The number of ether oxygens (including phenoxy) is 1. The molecular weight excluding hydrogens is 322 g/mol. The lowest BCUT2D eigenvalue weighted by Gasteiger charge is -2.08. The molecule has 6 nitrogen and oxygen atoms in total. The van der Waals surface area contributed by atoms with Crippen molar-refractivity contribution in [2.24, 2.45) is 0 Å². The predicted molar refractivity (Wildman–Crippen MR) is 82.2 cm³/mol. The number of hydrogen-bond acceptors (Lipinski definition) is 6. The molecule has 0 aliphatic heterocycles. The Morgan fingerprint density at radius 2 is 2.10 bits per heavy atom. The zero-order valence-corrected chi connectivity index (χ0v) is 12.9. The minimum Gasteiger partial charge on any atom is -0.463 e. The summed E-state index contributed by atoms with van der Waals surface area (Å²) in [6.45, 7) is 4.57. The molecule has 7 heteroatoms. The second kappa shape index (κ2) is 6.51. The highest BCUT2D eigenvalue weighted by molar-refractivity contribution is 9.10. The van der Waals surface area contributed by atoms with Crippen LogP contribution in [-0.4, -0.2) is 21.6 Å². The quantitative estimate of drug-likeness (QED) is 0.871. The van der Waals surface area contributed by atoms with Gasteiger partial charge in [0.2, 0.25) is 11.9 Å². The monoisotopic (exact) mass is 337 g/mol. The maximum absolute atomic E-state index is 5.65. The summed E-state index contributed by atoms with van der Waals surface area (Å²) in [5.74, 6) is 0.485. The fourth-order valence-electron chi connectivity index (χ4n) is 1.49. The van der Waals surface area contributed by atoms with Crippen LogP contribution >= 0.6 is 15.9 Å². The smallest absolute Gasteiger partial charge is 0.323 e. The Morgan fingerprint density at radius 1 is 1.30 bits per heavy atom. The molecule has 1 heterocycles. The van der Waals surface area contributed by atoms with Crippen molar-refractivity contribution in [1.82, 2.24) is 15.0 Å². The molecule has 20 heavy (non-hydrogen) atoms. The topological polar surface area (TPSA) is 86.0 Å². The molecule has 106 valence electrons. The molecule has 3 N–H and O–H groups in total. The highest BCUT2D eigenvalue weighted by Crippen LogP contribution is 2.23. The Bertz CT molecular complexity index is 605. The molecule has 0 bridgehead atoms. The molecule has 0 fully saturated rings. The zero-order chi connectivity index (χ0) is 14.5. The number of anilines is 3. The molecule has 2 rings (SSSR count). The van der Waals surface area contributed by atoms with Gasteiger partial charge < -0.3 is 15.8 Å². The van der Waals surface area contributed by atoms with E-state index in [4.69, 9.17) is 10.5 Å². The van der Waals surface area contributed by atoms with Crippen molar-refractivity contribution >= 4 is 33.5 Å². The highest BCUT2D eigenvalue weighted by Gasteiger charge is 2.06. The third kappa shape index (κ3) is 3.80. The number of nitrogens with zero attached hydrogens (tertiary/aromatic N) is 3. The lowest BCUT2D eigenvalue weighted by atomic mass is 10.2. The van der Waals surface area contributed by atoms with Crippen molar-refractivity contribution < 1.29 is 4.74 Å². The number of hydrogen-bond donors (Lipinski definition) is 2. The number of nitrogens with two attached hydrogens (primary N) is 1. The third-order valence-electron chi connectivity index (χ3n) is 2.50. The fraction of sp³-hybridized carbons (Fsp3) is 0.308. The van der Waals surface area contributed by atoms with Crippen molar-refractivity contribution in [2.75, 3.05) is 17.7 Å². The van der Waals surface area contributed by atoms with Crippen LogP contribution < -0.4 is 15.8 Å². The van der Waals surface area contributed by atoms with Gasteiger partial charge in [-0.2, -0.15) is 15.0 Å². The van der Waals surface area contributed by atoms with Gasteiger partial charge in [0.15, 0.2) is 0 Å². The zero-order valence-electron chi connectivity index (χ0n) is 11.4. The molecule has 0 saturated heterocycles. The van der Waals surface area contributed by atoms with Crippen molar-refractivity contribution in [1.29, 1.82) is 0 Å². The minimum atomic E-state index is 0.125. The van der Waals surface area contributed by atoms with E-state index in [0.717, 1.165) is 22.1 Å². The van der Waals surface area contributed by atoms with E-state index in [1.807, 2.05) is 32.0 Å². The first-order valence-electron chi connectivity index (χ1n) is 6.26. The second-order valence-corrected chi connectivity index (χ2v) is 5.09. The Kier molecular flexibility index (Phi) is 4.73. The van der Waals surface area contributed by atoms with E-state index in [1.165, 1.54) is 0 Å². The molecule has 0 atom stereocenters. The Balaban J connectivity index is 2.19. The average Bonchev–Trinajstić information content (AvgIpc) is 2.40. The number of halogens is 1. The molecule has 0 aliphatic rings. The van der Waals surface area contributed by atoms with E-state index in [9.17, 15) is 0 Å². The molecule has 0 spiro atoms. The Hall–Kier alpha value is -1.89. The third-order valence-corrected chi connectivity index (χ3v) is 3.35. The van der Waals surface area contributed by atoms with Crippen molar-refractivity contribution in [3.63, 3.8) is 0 Å². The number of aromatic nitrogens is 3. The van der Waals surface area contributed by atoms with Gasteiger partial charge in [-0.3, -0.25) is 0 Å². The molecule has 0 saturated carbocycles. The van der Waals surface area contributed by atoms with E-state index in [-0.39, 0.29) is 12.0 Å². The highest BCUT2D eigenvalue weighted by atomic mass is 79.9. The van der Waals surface area contributed by atoms with Crippen LogP contribution in [0.1, 0.15) is 18.9 Å². The summed E-state index contributed by atoms with van der Waals surface area (Å²) in [5.41, 5.74) is 7.65. The van der Waals surface area contributed by atoms with Crippen LogP contribution in [0.3, 0.4) is 0 Å². The van der Waals surface area contributed by atoms with E-state index in [1.54, 1.807) is 0 Å². The number of aryl methyl sites for hydroxylation is 1. The predicted octanol–water partition coefficient (Wildman–Crippen LogP) is 3.06. The van der Waals surface area contributed by atoms with Gasteiger partial charge in [0.1, 0.15) is 0 Å². The number of nitrogens with one attached hydrogen (secondary N) is 1. The summed E-state index contributed by atoms with van der Waals surface area (Å²) in [4.78, 5) is 12.1. The molecule has 2 aromatic rings. The standard InChI is InChI=1S/C13H16BrN5O/c1-3-6-20-13-18-11(15)17-12(19-13)16-9-5-4-8(2)10(14)7-9/h4-5,7H,3,6H2,1-2H3,(H3,15,16,17,18,19). The van der Waals surface area contributed by atoms with Gasteiger partial charge in [-0.05, 0) is 31.0 Å². The lowest BCUT2D eigenvalue weighted by Crippen LogP contribution is -2.07. The Morgan fingerprint density at radius 3 is 2.80 bits per heavy atom. The van der Waals surface area contributed by atoms with Gasteiger partial charge in [0.25, 0.3) is 0 Å². The first-order chi connectivity index (χ1) is 9.58. The van der Waals surface area contributed by atoms with E-state index in [2.05, 4.69) is 36.2 Å². The first kappa shape index (κ1) is 14.5. The molecule has 0 unspecified atom stereocenters. The maximum Gasteiger partial charge on any atom is 0.323 e. The van der Waals surface area contributed by atoms with E-state index in [0.29, 0.717) is 12.6 Å². The summed E-state index contributed by atoms with van der Waals surface area (Å²) in [6.07, 6.45) is 0.874. The SMILES string of the molecule is CCCOc1nc(N)nc(Nc2ccc(C)c(Br)c2)n1. The van der Waals surface area contributed by atoms with Gasteiger partial charge in [-0.1, -0.05) is 28.9 Å². The number of nitrogen functional groups attached to an aromatic ring is 1. The number of benzene rings is 1. The Labute approximate surface area is 125 Å². The van der Waals surface area contributed by atoms with Crippen LogP contribution in [0.2, 0.25) is 0 Å². The largest absolute Gasteiger partial charge is 0.463 e. The van der Waals surface area contributed by atoms with Crippen molar-refractivity contribution in [2.45, 2.75) is 20.3 Å². The van der Waals surface area contributed by atoms with Crippen LogP contribution in [0, 0.1) is 6.92 Å². The summed E-state index contributed by atoms with van der Waals surface area (Å²) in [6, 6.07) is 6.10. The minimum absolute atomic E-state index is 0.125. The van der Waals surface area contributed by atoms with Crippen LogP contribution in [0.4, 0.5) is 17.6 Å².